The molecule has 5 nitrogen and oxygen atoms in total. The summed E-state index contributed by atoms with van der Waals surface area (Å²) in [4.78, 5) is 32.5. The first kappa shape index (κ1) is 26.5. The van der Waals surface area contributed by atoms with E-state index in [0.29, 0.717) is 51.8 Å². The monoisotopic (exact) mass is 566 g/mol. The van der Waals surface area contributed by atoms with E-state index in [1.54, 1.807) is 35.2 Å². The van der Waals surface area contributed by atoms with Gasteiger partial charge in [0.05, 0.1) is 31.8 Å². The van der Waals surface area contributed by atoms with Crippen molar-refractivity contribution in [3.05, 3.63) is 99.0 Å². The van der Waals surface area contributed by atoms with Crippen LogP contribution in [0.3, 0.4) is 0 Å². The number of halogens is 3. The predicted octanol–water partition coefficient (Wildman–Crippen LogP) is 7.50. The molecule has 2 heterocycles. The fraction of sp³-hybridized carbons (Fsp3) is 0.233. The minimum absolute atomic E-state index is 0.192. The van der Waals surface area contributed by atoms with Gasteiger partial charge >= 0.3 is 5.97 Å². The van der Waals surface area contributed by atoms with Gasteiger partial charge in [0.2, 0.25) is 0 Å². The number of para-hydroxylation sites is 1. The van der Waals surface area contributed by atoms with Gasteiger partial charge < -0.3 is 9.64 Å². The van der Waals surface area contributed by atoms with E-state index in [9.17, 15) is 9.59 Å². The number of pyridine rings is 1. The van der Waals surface area contributed by atoms with E-state index < -0.39 is 5.97 Å². The van der Waals surface area contributed by atoms with Crippen LogP contribution in [0, 0.1) is 5.92 Å². The fourth-order valence-electron chi connectivity index (χ4n) is 4.84. The smallest absolute Gasteiger partial charge is 0.339 e. The minimum atomic E-state index is -0.603. The summed E-state index contributed by atoms with van der Waals surface area (Å²) < 4.78 is 5.50. The van der Waals surface area contributed by atoms with Gasteiger partial charge in [0.15, 0.2) is 6.61 Å². The van der Waals surface area contributed by atoms with Gasteiger partial charge in [-0.15, -0.1) is 0 Å². The van der Waals surface area contributed by atoms with E-state index in [1.165, 1.54) is 5.56 Å². The zero-order chi connectivity index (χ0) is 26.6. The van der Waals surface area contributed by atoms with Crippen molar-refractivity contribution in [1.82, 2.24) is 9.88 Å². The Hall–Kier alpha value is -3.12. The summed E-state index contributed by atoms with van der Waals surface area (Å²) in [7, 11) is 0. The SMILES string of the molecule is O=C(OCC(=O)N1CCC(Cc2ccccc2)CC1)c1cc(-c2ccc(Cl)c(Cl)c2Cl)nc2ccccc12. The Morgan fingerprint density at radius 2 is 1.61 bits per heavy atom. The average molecular weight is 568 g/mol. The number of hydrogen-bond acceptors (Lipinski definition) is 4. The van der Waals surface area contributed by atoms with E-state index in [-0.39, 0.29) is 22.6 Å². The highest BCUT2D eigenvalue weighted by atomic mass is 35.5. The number of ether oxygens (including phenoxy) is 1. The summed E-state index contributed by atoms with van der Waals surface area (Å²) in [5, 5.41) is 1.39. The number of benzene rings is 3. The molecule has 1 amide bonds. The van der Waals surface area contributed by atoms with Crippen molar-refractivity contribution in [2.75, 3.05) is 19.7 Å². The molecule has 38 heavy (non-hydrogen) atoms. The number of likely N-dealkylation sites (tertiary alicyclic amines) is 1. The highest BCUT2D eigenvalue weighted by molar-refractivity contribution is 6.49. The molecule has 0 atom stereocenters. The predicted molar refractivity (Wildman–Crippen MR) is 152 cm³/mol. The summed E-state index contributed by atoms with van der Waals surface area (Å²) in [5.41, 5.74) is 3.19. The van der Waals surface area contributed by atoms with Crippen LogP contribution in [0.4, 0.5) is 0 Å². The Kier molecular flexibility index (Phi) is 8.18. The molecule has 0 bridgehead atoms. The molecule has 3 aromatic carbocycles. The Morgan fingerprint density at radius 3 is 2.37 bits per heavy atom. The first-order valence-electron chi connectivity index (χ1n) is 12.4. The van der Waals surface area contributed by atoms with Gasteiger partial charge in [0, 0.05) is 24.0 Å². The second-order valence-electron chi connectivity index (χ2n) is 9.39. The lowest BCUT2D eigenvalue weighted by Gasteiger charge is -2.32. The molecule has 1 aliphatic rings. The number of esters is 1. The van der Waals surface area contributed by atoms with Crippen LogP contribution in [0.1, 0.15) is 28.8 Å². The standard InChI is InChI=1S/C30H25Cl3N2O3/c31-24-11-10-22(28(32)29(24)33)26-17-23(21-8-4-5-9-25(21)34-26)30(37)38-18-27(36)35-14-12-20(13-15-35)16-19-6-2-1-3-7-19/h1-11,17,20H,12-16,18H2. The third kappa shape index (κ3) is 5.80. The highest BCUT2D eigenvalue weighted by Gasteiger charge is 2.25. The normalized spacial score (nSPS) is 14.0. The van der Waals surface area contributed by atoms with Crippen molar-refractivity contribution in [3.8, 4) is 11.3 Å². The quantitative estimate of drug-likeness (QED) is 0.179. The van der Waals surface area contributed by atoms with Crippen molar-refractivity contribution >= 4 is 57.6 Å². The van der Waals surface area contributed by atoms with Crippen molar-refractivity contribution in [2.24, 2.45) is 5.92 Å². The van der Waals surface area contributed by atoms with Gasteiger partial charge in [0.25, 0.3) is 5.91 Å². The lowest BCUT2D eigenvalue weighted by Crippen LogP contribution is -2.41. The van der Waals surface area contributed by atoms with Gasteiger partial charge in [0.1, 0.15) is 0 Å². The van der Waals surface area contributed by atoms with E-state index >= 15 is 0 Å². The van der Waals surface area contributed by atoms with Crippen LogP contribution in [0.5, 0.6) is 0 Å². The van der Waals surface area contributed by atoms with Crippen LogP contribution in [0.15, 0.2) is 72.8 Å². The van der Waals surface area contributed by atoms with E-state index in [2.05, 4.69) is 29.2 Å². The van der Waals surface area contributed by atoms with Gasteiger partial charge in [-0.25, -0.2) is 9.78 Å². The van der Waals surface area contributed by atoms with Gasteiger partial charge in [-0.2, -0.15) is 0 Å². The van der Waals surface area contributed by atoms with Gasteiger partial charge in [-0.3, -0.25) is 4.79 Å². The molecule has 8 heteroatoms. The number of aromatic nitrogens is 1. The number of fused-ring (bicyclic) bond motifs is 1. The number of carbonyl (C=O) groups excluding carboxylic acids is 2. The minimum Gasteiger partial charge on any atom is -0.452 e. The maximum absolute atomic E-state index is 13.2. The third-order valence-electron chi connectivity index (χ3n) is 6.91. The van der Waals surface area contributed by atoms with Crippen LogP contribution in [-0.2, 0) is 16.0 Å². The summed E-state index contributed by atoms with van der Waals surface area (Å²) in [6, 6.07) is 22.6. The lowest BCUT2D eigenvalue weighted by atomic mass is 9.90. The Labute approximate surface area is 236 Å². The number of hydrogen-bond donors (Lipinski definition) is 0. The number of rotatable bonds is 6. The first-order chi connectivity index (χ1) is 18.4. The molecule has 1 saturated heterocycles. The number of piperidine rings is 1. The van der Waals surface area contributed by atoms with Gasteiger partial charge in [-0.05, 0) is 55.0 Å². The van der Waals surface area contributed by atoms with Gasteiger partial charge in [-0.1, -0.05) is 83.3 Å². The van der Waals surface area contributed by atoms with Crippen LogP contribution in [0.2, 0.25) is 15.1 Å². The van der Waals surface area contributed by atoms with Crippen LogP contribution in [0.25, 0.3) is 22.2 Å². The van der Waals surface area contributed by atoms with E-state index in [0.717, 1.165) is 19.3 Å². The zero-order valence-electron chi connectivity index (χ0n) is 20.5. The molecular formula is C30H25Cl3N2O3. The maximum atomic E-state index is 13.2. The molecule has 1 aliphatic heterocycles. The summed E-state index contributed by atoms with van der Waals surface area (Å²) in [6.45, 7) is 1.000. The van der Waals surface area contributed by atoms with Crippen molar-refractivity contribution in [2.45, 2.75) is 19.3 Å². The Bertz CT molecular complexity index is 1490. The second kappa shape index (κ2) is 11.7. The zero-order valence-corrected chi connectivity index (χ0v) is 22.8. The molecular weight excluding hydrogens is 543 g/mol. The Morgan fingerprint density at radius 1 is 0.895 bits per heavy atom. The second-order valence-corrected chi connectivity index (χ2v) is 10.5. The average Bonchev–Trinajstić information content (AvgIpc) is 2.95. The van der Waals surface area contributed by atoms with Crippen molar-refractivity contribution in [1.29, 1.82) is 0 Å². The summed E-state index contributed by atoms with van der Waals surface area (Å²) in [5.74, 6) is -0.255. The topological polar surface area (TPSA) is 59.5 Å². The lowest BCUT2D eigenvalue weighted by molar-refractivity contribution is -0.135. The summed E-state index contributed by atoms with van der Waals surface area (Å²) >= 11 is 18.8. The van der Waals surface area contributed by atoms with Crippen LogP contribution >= 0.6 is 34.8 Å². The number of carbonyl (C=O) groups is 2. The molecule has 194 valence electrons. The first-order valence-corrected chi connectivity index (χ1v) is 13.6. The molecule has 0 radical (unpaired) electrons. The largest absolute Gasteiger partial charge is 0.452 e. The molecule has 1 fully saturated rings. The molecule has 5 rings (SSSR count). The number of amides is 1. The molecule has 4 aromatic rings. The summed E-state index contributed by atoms with van der Waals surface area (Å²) in [6.07, 6.45) is 2.87. The molecule has 0 N–H and O–H groups in total. The highest BCUT2D eigenvalue weighted by Crippen LogP contribution is 2.38. The van der Waals surface area contributed by atoms with Crippen LogP contribution < -0.4 is 0 Å². The van der Waals surface area contributed by atoms with E-state index in [1.807, 2.05) is 18.2 Å². The fourth-order valence-corrected chi connectivity index (χ4v) is 5.47. The molecule has 0 saturated carbocycles. The molecule has 0 unspecified atom stereocenters. The number of nitrogens with zero attached hydrogens (tertiary/aromatic N) is 2. The molecule has 0 aliphatic carbocycles. The Balaban J connectivity index is 1.27. The van der Waals surface area contributed by atoms with E-state index in [4.69, 9.17) is 39.5 Å². The van der Waals surface area contributed by atoms with Crippen molar-refractivity contribution in [3.63, 3.8) is 0 Å². The molecule has 1 aromatic heterocycles. The molecule has 0 spiro atoms. The van der Waals surface area contributed by atoms with Crippen LogP contribution in [-0.4, -0.2) is 41.5 Å². The third-order valence-corrected chi connectivity index (χ3v) is 8.20. The van der Waals surface area contributed by atoms with Crippen molar-refractivity contribution < 1.29 is 14.3 Å². The maximum Gasteiger partial charge on any atom is 0.339 e.